The second-order valence-electron chi connectivity index (χ2n) is 5.35. The number of urea groups is 1. The highest BCUT2D eigenvalue weighted by molar-refractivity contribution is 6.30. The summed E-state index contributed by atoms with van der Waals surface area (Å²) in [5, 5.41) is 10.2. The van der Waals surface area contributed by atoms with Gasteiger partial charge < -0.3 is 10.6 Å². The Bertz CT molecular complexity index is 967. The normalized spacial score (nSPS) is 10.3. The highest BCUT2D eigenvalue weighted by Crippen LogP contribution is 2.19. The molecule has 0 saturated heterocycles. The molecule has 0 atom stereocenters. The molecular weight excluding hydrogens is 340 g/mol. The molecule has 2 aromatic carbocycles. The Balaban J connectivity index is 1.68. The molecule has 0 unspecified atom stereocenters. The summed E-state index contributed by atoms with van der Waals surface area (Å²) in [4.78, 5) is 23.4. The van der Waals surface area contributed by atoms with Gasteiger partial charge in [-0.2, -0.15) is 5.10 Å². The molecule has 0 spiro atoms. The Labute approximate surface area is 149 Å². The van der Waals surface area contributed by atoms with Crippen LogP contribution in [0.5, 0.6) is 0 Å². The van der Waals surface area contributed by atoms with E-state index in [2.05, 4.69) is 15.7 Å². The lowest BCUT2D eigenvalue weighted by molar-refractivity contribution is 0.262. The Hall–Kier alpha value is -3.12. The van der Waals surface area contributed by atoms with E-state index in [1.807, 2.05) is 12.1 Å². The van der Waals surface area contributed by atoms with Gasteiger partial charge >= 0.3 is 6.03 Å². The summed E-state index contributed by atoms with van der Waals surface area (Å²) in [5.74, 6) is 0. The first-order valence-electron chi connectivity index (χ1n) is 7.50. The van der Waals surface area contributed by atoms with E-state index in [9.17, 15) is 9.59 Å². The molecule has 0 aliphatic heterocycles. The minimum absolute atomic E-state index is 0.167. The molecule has 7 heteroatoms. The van der Waals surface area contributed by atoms with E-state index >= 15 is 0 Å². The third kappa shape index (κ3) is 4.24. The molecule has 2 N–H and O–H groups in total. The van der Waals surface area contributed by atoms with Crippen LogP contribution in [0, 0.1) is 0 Å². The largest absolute Gasteiger partial charge is 0.323 e. The molecule has 1 heterocycles. The van der Waals surface area contributed by atoms with Gasteiger partial charge in [-0.1, -0.05) is 29.8 Å². The van der Waals surface area contributed by atoms with Gasteiger partial charge in [0.15, 0.2) is 0 Å². The van der Waals surface area contributed by atoms with Crippen LogP contribution >= 0.6 is 11.6 Å². The second kappa shape index (κ2) is 7.19. The van der Waals surface area contributed by atoms with Crippen molar-refractivity contribution in [1.29, 1.82) is 0 Å². The first kappa shape index (κ1) is 16.7. The quantitative estimate of drug-likeness (QED) is 0.752. The summed E-state index contributed by atoms with van der Waals surface area (Å²) >= 11 is 5.89. The van der Waals surface area contributed by atoms with Crippen molar-refractivity contribution in [1.82, 2.24) is 9.78 Å². The fourth-order valence-corrected chi connectivity index (χ4v) is 2.43. The van der Waals surface area contributed by atoms with E-state index in [0.29, 0.717) is 22.1 Å². The Morgan fingerprint density at radius 3 is 2.40 bits per heavy atom. The third-order valence-electron chi connectivity index (χ3n) is 3.48. The number of rotatable bonds is 3. The fraction of sp³-hybridized carbons (Fsp3) is 0.0556. The number of amides is 2. The van der Waals surface area contributed by atoms with E-state index in [4.69, 9.17) is 11.6 Å². The standard InChI is InChI=1S/C18H15ClN4O2/c1-23-17(24)10-9-16(22-23)12-5-7-14(8-6-12)20-18(25)21-15-4-2-3-13(19)11-15/h2-11H,1H3,(H2,20,21,25). The number of anilines is 2. The van der Waals surface area contributed by atoms with Gasteiger partial charge in [-0.25, -0.2) is 9.48 Å². The van der Waals surface area contributed by atoms with Gasteiger partial charge in [0.25, 0.3) is 5.56 Å². The lowest BCUT2D eigenvalue weighted by atomic mass is 10.1. The number of hydrogen-bond donors (Lipinski definition) is 2. The lowest BCUT2D eigenvalue weighted by Crippen LogP contribution is -2.19. The molecule has 25 heavy (non-hydrogen) atoms. The predicted molar refractivity (Wildman–Crippen MR) is 99.0 cm³/mol. The van der Waals surface area contributed by atoms with E-state index < -0.39 is 0 Å². The molecule has 6 nitrogen and oxygen atoms in total. The average molecular weight is 355 g/mol. The first-order valence-corrected chi connectivity index (χ1v) is 7.87. The Morgan fingerprint density at radius 2 is 1.72 bits per heavy atom. The van der Waals surface area contributed by atoms with Crippen LogP contribution in [-0.4, -0.2) is 15.8 Å². The van der Waals surface area contributed by atoms with Crippen molar-refractivity contribution < 1.29 is 4.79 Å². The van der Waals surface area contributed by atoms with Crippen molar-refractivity contribution in [3.05, 3.63) is 76.0 Å². The van der Waals surface area contributed by atoms with Crippen LogP contribution in [-0.2, 0) is 7.05 Å². The van der Waals surface area contributed by atoms with Crippen molar-refractivity contribution in [3.63, 3.8) is 0 Å². The summed E-state index contributed by atoms with van der Waals surface area (Å²) in [7, 11) is 1.60. The summed E-state index contributed by atoms with van der Waals surface area (Å²) in [6, 6.07) is 16.8. The maximum Gasteiger partial charge on any atom is 0.323 e. The van der Waals surface area contributed by atoms with Gasteiger partial charge in [0.1, 0.15) is 0 Å². The molecule has 126 valence electrons. The highest BCUT2D eigenvalue weighted by atomic mass is 35.5. The zero-order valence-corrected chi connectivity index (χ0v) is 14.1. The van der Waals surface area contributed by atoms with Gasteiger partial charge in [-0.3, -0.25) is 4.79 Å². The molecule has 0 fully saturated rings. The molecule has 3 aromatic rings. The Morgan fingerprint density at radius 1 is 1.00 bits per heavy atom. The van der Waals surface area contributed by atoms with E-state index in [0.717, 1.165) is 5.56 Å². The van der Waals surface area contributed by atoms with Crippen molar-refractivity contribution in [3.8, 4) is 11.3 Å². The number of benzene rings is 2. The average Bonchev–Trinajstić information content (AvgIpc) is 2.58. The zero-order chi connectivity index (χ0) is 17.8. The SMILES string of the molecule is Cn1nc(-c2ccc(NC(=O)Nc3cccc(Cl)c3)cc2)ccc1=O. The van der Waals surface area contributed by atoms with Crippen molar-refractivity contribution >= 4 is 29.0 Å². The molecular formula is C18H15ClN4O2. The first-order chi connectivity index (χ1) is 12.0. The van der Waals surface area contributed by atoms with E-state index in [1.54, 1.807) is 49.5 Å². The smallest absolute Gasteiger partial charge is 0.308 e. The topological polar surface area (TPSA) is 76.0 Å². The molecule has 1 aromatic heterocycles. The van der Waals surface area contributed by atoms with Crippen molar-refractivity contribution in [2.75, 3.05) is 10.6 Å². The molecule has 0 radical (unpaired) electrons. The molecule has 0 bridgehead atoms. The molecule has 2 amide bonds. The Kier molecular flexibility index (Phi) is 4.81. The number of nitrogens with one attached hydrogen (secondary N) is 2. The highest BCUT2D eigenvalue weighted by Gasteiger charge is 2.05. The number of halogens is 1. The zero-order valence-electron chi connectivity index (χ0n) is 13.4. The van der Waals surface area contributed by atoms with E-state index in [1.165, 1.54) is 10.7 Å². The fourth-order valence-electron chi connectivity index (χ4n) is 2.24. The van der Waals surface area contributed by atoms with Gasteiger partial charge in [0.2, 0.25) is 0 Å². The number of aryl methyl sites for hydroxylation is 1. The third-order valence-corrected chi connectivity index (χ3v) is 3.72. The molecule has 0 aliphatic rings. The van der Waals surface area contributed by atoms with Crippen LogP contribution in [0.3, 0.4) is 0 Å². The van der Waals surface area contributed by atoms with Crippen LogP contribution < -0.4 is 16.2 Å². The van der Waals surface area contributed by atoms with Gasteiger partial charge in [0, 0.05) is 35.1 Å². The number of carbonyl (C=O) groups is 1. The van der Waals surface area contributed by atoms with Crippen molar-refractivity contribution in [2.24, 2.45) is 7.05 Å². The molecule has 3 rings (SSSR count). The minimum Gasteiger partial charge on any atom is -0.308 e. The second-order valence-corrected chi connectivity index (χ2v) is 5.78. The van der Waals surface area contributed by atoms with Crippen LogP contribution in [0.25, 0.3) is 11.3 Å². The number of aromatic nitrogens is 2. The predicted octanol–water partition coefficient (Wildman–Crippen LogP) is 3.74. The number of hydrogen-bond acceptors (Lipinski definition) is 3. The summed E-state index contributed by atoms with van der Waals surface area (Å²) < 4.78 is 1.28. The lowest BCUT2D eigenvalue weighted by Gasteiger charge is -2.09. The molecule has 0 saturated carbocycles. The van der Waals surface area contributed by atoms with Crippen LogP contribution in [0.1, 0.15) is 0 Å². The number of nitrogens with zero attached hydrogens (tertiary/aromatic N) is 2. The van der Waals surface area contributed by atoms with Gasteiger partial charge in [-0.05, 0) is 36.4 Å². The molecule has 0 aliphatic carbocycles. The van der Waals surface area contributed by atoms with Gasteiger partial charge in [-0.15, -0.1) is 0 Å². The maximum atomic E-state index is 12.0. The van der Waals surface area contributed by atoms with Crippen LogP contribution in [0.4, 0.5) is 16.2 Å². The maximum absolute atomic E-state index is 12.0. The van der Waals surface area contributed by atoms with E-state index in [-0.39, 0.29) is 11.6 Å². The minimum atomic E-state index is -0.366. The summed E-state index contributed by atoms with van der Waals surface area (Å²) in [6.07, 6.45) is 0. The van der Waals surface area contributed by atoms with Crippen molar-refractivity contribution in [2.45, 2.75) is 0 Å². The number of carbonyl (C=O) groups excluding carboxylic acids is 1. The van der Waals surface area contributed by atoms with Gasteiger partial charge in [0.05, 0.1) is 5.69 Å². The monoisotopic (exact) mass is 354 g/mol. The summed E-state index contributed by atoms with van der Waals surface area (Å²) in [5.41, 5.74) is 2.59. The van der Waals surface area contributed by atoms with Crippen LogP contribution in [0.15, 0.2) is 65.5 Å². The van der Waals surface area contributed by atoms with Crippen LogP contribution in [0.2, 0.25) is 5.02 Å². The summed E-state index contributed by atoms with van der Waals surface area (Å²) in [6.45, 7) is 0.